The zero-order chi connectivity index (χ0) is 17.1. The van der Waals surface area contributed by atoms with Crippen molar-refractivity contribution in [3.8, 4) is 0 Å². The van der Waals surface area contributed by atoms with Crippen LogP contribution >= 0.6 is 22.6 Å². The van der Waals surface area contributed by atoms with Crippen LogP contribution in [0.2, 0.25) is 0 Å². The Bertz CT molecular complexity index is 543. The molecule has 0 atom stereocenters. The molecule has 1 aromatic rings. The summed E-state index contributed by atoms with van der Waals surface area (Å²) in [6.45, 7) is 5.17. The summed E-state index contributed by atoms with van der Waals surface area (Å²) < 4.78 is 5.99. The van der Waals surface area contributed by atoms with Gasteiger partial charge in [-0.05, 0) is 60.4 Å². The highest BCUT2D eigenvalue weighted by Crippen LogP contribution is 2.14. The van der Waals surface area contributed by atoms with E-state index in [0.717, 1.165) is 25.8 Å². The molecule has 0 aliphatic carbocycles. The zero-order valence-electron chi connectivity index (χ0n) is 13.8. The molecule has 0 aromatic heterocycles. The molecule has 4 nitrogen and oxygen atoms in total. The summed E-state index contributed by atoms with van der Waals surface area (Å²) >= 11 is 2.30. The molecule has 0 saturated carbocycles. The highest BCUT2D eigenvalue weighted by Gasteiger charge is 2.10. The Morgan fingerprint density at radius 1 is 1.26 bits per heavy atom. The predicted octanol–water partition coefficient (Wildman–Crippen LogP) is 3.93. The van der Waals surface area contributed by atoms with Crippen molar-refractivity contribution in [2.24, 2.45) is 0 Å². The number of rotatable bonds is 9. The van der Waals surface area contributed by atoms with Crippen molar-refractivity contribution in [2.75, 3.05) is 13.2 Å². The van der Waals surface area contributed by atoms with E-state index in [-0.39, 0.29) is 11.9 Å². The van der Waals surface area contributed by atoms with Crippen LogP contribution in [0.1, 0.15) is 38.7 Å². The van der Waals surface area contributed by atoms with E-state index in [1.807, 2.05) is 29.2 Å². The molecule has 0 bridgehead atoms. The van der Waals surface area contributed by atoms with Gasteiger partial charge in [-0.2, -0.15) is 0 Å². The first-order valence-corrected chi connectivity index (χ1v) is 8.94. The summed E-state index contributed by atoms with van der Waals surface area (Å²) in [4.78, 5) is 24.8. The normalized spacial score (nSPS) is 10.7. The van der Waals surface area contributed by atoms with E-state index in [1.165, 1.54) is 15.2 Å². The van der Waals surface area contributed by atoms with Crippen LogP contribution in [0.4, 0.5) is 0 Å². The largest absolute Gasteiger partial charge is 0.463 e. The highest BCUT2D eigenvalue weighted by atomic mass is 127. The Kier molecular flexibility index (Phi) is 9.59. The summed E-state index contributed by atoms with van der Waals surface area (Å²) in [7, 11) is 0. The minimum absolute atomic E-state index is 0.0896. The third-order valence-corrected chi connectivity index (χ3v) is 4.41. The number of carbonyl (C=O) groups is 2. The van der Waals surface area contributed by atoms with E-state index in [1.54, 1.807) is 13.8 Å². The lowest BCUT2D eigenvalue weighted by molar-refractivity contribution is -0.137. The van der Waals surface area contributed by atoms with Gasteiger partial charge in [0.15, 0.2) is 0 Å². The molecule has 23 heavy (non-hydrogen) atoms. The Labute approximate surface area is 152 Å². The lowest BCUT2D eigenvalue weighted by atomic mass is 10.2. The van der Waals surface area contributed by atoms with E-state index in [0.29, 0.717) is 13.2 Å². The molecule has 1 aromatic carbocycles. The second kappa shape index (κ2) is 11.2. The van der Waals surface area contributed by atoms with E-state index in [4.69, 9.17) is 4.74 Å². The van der Waals surface area contributed by atoms with Gasteiger partial charge in [0, 0.05) is 29.7 Å². The number of benzene rings is 1. The van der Waals surface area contributed by atoms with Crippen molar-refractivity contribution in [1.29, 1.82) is 0 Å². The molecule has 1 amide bonds. The molecular formula is C18H24INO3. The number of esters is 1. The molecule has 0 N–H and O–H groups in total. The van der Waals surface area contributed by atoms with Gasteiger partial charge in [-0.15, -0.1) is 0 Å². The number of hydrogen-bond acceptors (Lipinski definition) is 3. The maximum atomic E-state index is 11.8. The maximum Gasteiger partial charge on any atom is 0.330 e. The standard InChI is InChI=1S/C18H24INO3/c1-3-23-18(22)12-6-4-5-9-13-20(15(2)21)14-16-10-7-8-11-17(16)19/h6-8,10-12H,3-5,9,13-14H2,1-2H3/b12-6-. The Morgan fingerprint density at radius 2 is 2.00 bits per heavy atom. The summed E-state index contributed by atoms with van der Waals surface area (Å²) in [5.41, 5.74) is 1.17. The number of nitrogens with zero attached hydrogens (tertiary/aromatic N) is 1. The molecule has 0 fully saturated rings. The summed E-state index contributed by atoms with van der Waals surface area (Å²) in [5, 5.41) is 0. The van der Waals surface area contributed by atoms with Crippen LogP contribution in [0.3, 0.4) is 0 Å². The molecule has 1 rings (SSSR count). The number of ether oxygens (including phenoxy) is 1. The Hall–Kier alpha value is -1.37. The monoisotopic (exact) mass is 429 g/mol. The van der Waals surface area contributed by atoms with Crippen molar-refractivity contribution in [1.82, 2.24) is 4.90 Å². The maximum absolute atomic E-state index is 11.8. The van der Waals surface area contributed by atoms with Crippen molar-refractivity contribution >= 4 is 34.5 Å². The smallest absolute Gasteiger partial charge is 0.330 e. The summed E-state index contributed by atoms with van der Waals surface area (Å²) in [6.07, 6.45) is 5.96. The second-order valence-corrected chi connectivity index (χ2v) is 6.34. The van der Waals surface area contributed by atoms with Crippen molar-refractivity contribution < 1.29 is 14.3 Å². The molecular weight excluding hydrogens is 405 g/mol. The van der Waals surface area contributed by atoms with Gasteiger partial charge in [-0.3, -0.25) is 4.79 Å². The Morgan fingerprint density at radius 3 is 2.65 bits per heavy atom. The third-order valence-electron chi connectivity index (χ3n) is 3.35. The summed E-state index contributed by atoms with van der Waals surface area (Å²) in [5.74, 6) is -0.205. The van der Waals surface area contributed by atoms with Crippen LogP contribution in [-0.4, -0.2) is 29.9 Å². The fourth-order valence-electron chi connectivity index (χ4n) is 2.11. The van der Waals surface area contributed by atoms with Crippen molar-refractivity contribution in [3.63, 3.8) is 0 Å². The number of amides is 1. The van der Waals surface area contributed by atoms with Gasteiger partial charge in [0.25, 0.3) is 0 Å². The molecule has 0 spiro atoms. The third kappa shape index (κ3) is 8.16. The van der Waals surface area contributed by atoms with Gasteiger partial charge in [-0.1, -0.05) is 24.3 Å². The first kappa shape index (κ1) is 19.7. The van der Waals surface area contributed by atoms with E-state index in [2.05, 4.69) is 28.7 Å². The quantitative estimate of drug-likeness (QED) is 0.259. The number of unbranched alkanes of at least 4 members (excludes halogenated alkanes) is 2. The minimum atomic E-state index is -0.295. The fourth-order valence-corrected chi connectivity index (χ4v) is 2.67. The molecule has 5 heteroatoms. The fraction of sp³-hybridized carbons (Fsp3) is 0.444. The molecule has 0 saturated heterocycles. The molecule has 0 heterocycles. The van der Waals surface area contributed by atoms with Gasteiger partial charge < -0.3 is 9.64 Å². The lowest BCUT2D eigenvalue weighted by Gasteiger charge is -2.21. The SMILES string of the molecule is CCOC(=O)/C=C\CCCCN(Cc1ccccc1I)C(C)=O. The average molecular weight is 429 g/mol. The van der Waals surface area contributed by atoms with Crippen LogP contribution in [0, 0.1) is 3.57 Å². The lowest BCUT2D eigenvalue weighted by Crippen LogP contribution is -2.29. The minimum Gasteiger partial charge on any atom is -0.463 e. The van der Waals surface area contributed by atoms with Gasteiger partial charge in [0.05, 0.1) is 6.61 Å². The van der Waals surface area contributed by atoms with Crippen molar-refractivity contribution in [3.05, 3.63) is 45.6 Å². The predicted molar refractivity (Wildman–Crippen MR) is 99.9 cm³/mol. The van der Waals surface area contributed by atoms with E-state index < -0.39 is 0 Å². The molecule has 0 radical (unpaired) electrons. The van der Waals surface area contributed by atoms with Crippen LogP contribution in [0.25, 0.3) is 0 Å². The molecule has 0 aliphatic heterocycles. The van der Waals surface area contributed by atoms with Gasteiger partial charge in [0.2, 0.25) is 5.91 Å². The van der Waals surface area contributed by atoms with Crippen molar-refractivity contribution in [2.45, 2.75) is 39.7 Å². The highest BCUT2D eigenvalue weighted by molar-refractivity contribution is 14.1. The van der Waals surface area contributed by atoms with Crippen LogP contribution in [-0.2, 0) is 20.9 Å². The average Bonchev–Trinajstić information content (AvgIpc) is 2.51. The molecule has 0 unspecified atom stereocenters. The van der Waals surface area contributed by atoms with E-state index in [9.17, 15) is 9.59 Å². The number of hydrogen-bond donors (Lipinski definition) is 0. The topological polar surface area (TPSA) is 46.6 Å². The summed E-state index contributed by atoms with van der Waals surface area (Å²) in [6, 6.07) is 8.10. The number of carbonyl (C=O) groups excluding carboxylic acids is 2. The van der Waals surface area contributed by atoms with Crippen LogP contribution < -0.4 is 0 Å². The number of halogens is 1. The Balaban J connectivity index is 2.36. The van der Waals surface area contributed by atoms with Gasteiger partial charge in [-0.25, -0.2) is 4.79 Å². The van der Waals surface area contributed by atoms with Crippen LogP contribution in [0.15, 0.2) is 36.4 Å². The zero-order valence-corrected chi connectivity index (χ0v) is 15.9. The van der Waals surface area contributed by atoms with Gasteiger partial charge in [0.1, 0.15) is 0 Å². The van der Waals surface area contributed by atoms with Gasteiger partial charge >= 0.3 is 5.97 Å². The number of allylic oxidation sites excluding steroid dienone is 1. The van der Waals surface area contributed by atoms with E-state index >= 15 is 0 Å². The first-order valence-electron chi connectivity index (χ1n) is 7.86. The molecule has 0 aliphatic rings. The van der Waals surface area contributed by atoms with Crippen LogP contribution in [0.5, 0.6) is 0 Å². The molecule has 126 valence electrons. The first-order chi connectivity index (χ1) is 11.0. The second-order valence-electron chi connectivity index (χ2n) is 5.18.